The summed E-state index contributed by atoms with van der Waals surface area (Å²) in [5.74, 6) is 2.80. The molecule has 0 N–H and O–H groups in total. The van der Waals surface area contributed by atoms with Crippen molar-refractivity contribution in [2.45, 2.75) is 78.1 Å². The summed E-state index contributed by atoms with van der Waals surface area (Å²) in [6.45, 7) is 3.89. The molecule has 2 fully saturated rings. The molecule has 0 aliphatic heterocycles. The van der Waals surface area contributed by atoms with E-state index in [1.165, 1.54) is 70.4 Å². The molecule has 0 radical (unpaired) electrons. The molecule has 0 bridgehead atoms. The Labute approximate surface area is 146 Å². The Balaban J connectivity index is 1.44. The fourth-order valence-electron chi connectivity index (χ4n) is 4.92. The molecule has 2 saturated carbocycles. The van der Waals surface area contributed by atoms with Crippen molar-refractivity contribution in [1.82, 2.24) is 0 Å². The van der Waals surface area contributed by atoms with E-state index in [0.29, 0.717) is 0 Å². The molecule has 0 aromatic heterocycles. The number of hydrogen-bond acceptors (Lipinski definition) is 0. The fourth-order valence-corrected chi connectivity index (χ4v) is 4.92. The van der Waals surface area contributed by atoms with Gasteiger partial charge in [0, 0.05) is 5.56 Å². The van der Waals surface area contributed by atoms with Gasteiger partial charge in [-0.3, -0.25) is 0 Å². The van der Waals surface area contributed by atoms with Gasteiger partial charge in [-0.1, -0.05) is 32.6 Å². The summed E-state index contributed by atoms with van der Waals surface area (Å²) in [7, 11) is 0. The van der Waals surface area contributed by atoms with Crippen LogP contribution in [0.1, 0.15) is 75.8 Å². The van der Waals surface area contributed by atoms with Crippen molar-refractivity contribution in [3.63, 3.8) is 0 Å². The smallest absolute Gasteiger partial charge is 0.129 e. The molecule has 0 spiro atoms. The molecule has 2 heteroatoms. The van der Waals surface area contributed by atoms with E-state index in [9.17, 15) is 8.78 Å². The van der Waals surface area contributed by atoms with E-state index in [0.717, 1.165) is 42.1 Å². The Hall–Kier alpha value is -0.920. The lowest BCUT2D eigenvalue weighted by molar-refractivity contribution is 0.148. The zero-order chi connectivity index (χ0) is 17.1. The SMILES string of the molecule is Cc1c(F)cc(CCC2CCC(C3CCC(C)CC3)CC2)cc1F. The molecule has 1 aromatic carbocycles. The van der Waals surface area contributed by atoms with Crippen molar-refractivity contribution in [3.05, 3.63) is 34.9 Å². The van der Waals surface area contributed by atoms with Crippen LogP contribution in [0.3, 0.4) is 0 Å². The third-order valence-electron chi connectivity index (χ3n) is 6.80. The molecule has 0 atom stereocenters. The van der Waals surface area contributed by atoms with Gasteiger partial charge in [0.05, 0.1) is 0 Å². The Morgan fingerprint density at radius 3 is 1.88 bits per heavy atom. The Morgan fingerprint density at radius 1 is 0.833 bits per heavy atom. The van der Waals surface area contributed by atoms with Crippen molar-refractivity contribution in [2.24, 2.45) is 23.7 Å². The number of halogens is 2. The largest absolute Gasteiger partial charge is 0.207 e. The van der Waals surface area contributed by atoms with E-state index in [2.05, 4.69) is 6.92 Å². The van der Waals surface area contributed by atoms with Crippen molar-refractivity contribution in [1.29, 1.82) is 0 Å². The molecule has 134 valence electrons. The van der Waals surface area contributed by atoms with Gasteiger partial charge in [-0.15, -0.1) is 0 Å². The molecule has 2 aliphatic carbocycles. The van der Waals surface area contributed by atoms with Gasteiger partial charge in [-0.2, -0.15) is 0 Å². The lowest BCUT2D eigenvalue weighted by atomic mass is 9.69. The lowest BCUT2D eigenvalue weighted by Gasteiger charge is -2.37. The monoisotopic (exact) mass is 334 g/mol. The average Bonchev–Trinajstić information content (AvgIpc) is 2.59. The number of aryl methyl sites for hydroxylation is 1. The highest BCUT2D eigenvalue weighted by molar-refractivity contribution is 5.25. The van der Waals surface area contributed by atoms with E-state index in [1.54, 1.807) is 0 Å². The van der Waals surface area contributed by atoms with E-state index < -0.39 is 11.6 Å². The van der Waals surface area contributed by atoms with Gasteiger partial charge < -0.3 is 0 Å². The summed E-state index contributed by atoms with van der Waals surface area (Å²) in [6, 6.07) is 3.04. The second-order valence-electron chi connectivity index (χ2n) is 8.52. The summed E-state index contributed by atoms with van der Waals surface area (Å²) in [5, 5.41) is 0. The first kappa shape index (κ1) is 17.9. The second-order valence-corrected chi connectivity index (χ2v) is 8.52. The molecule has 0 saturated heterocycles. The van der Waals surface area contributed by atoms with Crippen LogP contribution in [-0.2, 0) is 6.42 Å². The molecule has 2 aliphatic rings. The minimum absolute atomic E-state index is 0.140. The highest BCUT2D eigenvalue weighted by Gasteiger charge is 2.29. The van der Waals surface area contributed by atoms with Gasteiger partial charge in [-0.05, 0) is 86.8 Å². The fraction of sp³-hybridized carbons (Fsp3) is 0.727. The first-order valence-electron chi connectivity index (χ1n) is 9.97. The Morgan fingerprint density at radius 2 is 1.33 bits per heavy atom. The highest BCUT2D eigenvalue weighted by atomic mass is 19.1. The maximum Gasteiger partial charge on any atom is 0.129 e. The van der Waals surface area contributed by atoms with Crippen LogP contribution in [0.5, 0.6) is 0 Å². The number of rotatable bonds is 4. The summed E-state index contributed by atoms with van der Waals surface area (Å²) < 4.78 is 27.3. The summed E-state index contributed by atoms with van der Waals surface area (Å²) in [5.41, 5.74) is 0.958. The maximum absolute atomic E-state index is 13.7. The van der Waals surface area contributed by atoms with E-state index in [1.807, 2.05) is 0 Å². The van der Waals surface area contributed by atoms with Crippen molar-refractivity contribution in [2.75, 3.05) is 0 Å². The normalized spacial score (nSPS) is 31.2. The molecule has 3 rings (SSSR count). The van der Waals surface area contributed by atoms with Crippen LogP contribution in [-0.4, -0.2) is 0 Å². The molecule has 0 amide bonds. The average molecular weight is 334 g/mol. The Bertz CT molecular complexity index is 512. The quantitative estimate of drug-likeness (QED) is 0.565. The highest BCUT2D eigenvalue weighted by Crippen LogP contribution is 2.42. The molecular formula is C22H32F2. The predicted octanol–water partition coefficient (Wildman–Crippen LogP) is 6.84. The molecule has 1 aromatic rings. The minimum atomic E-state index is -0.403. The Kier molecular flexibility index (Phi) is 5.94. The summed E-state index contributed by atoms with van der Waals surface area (Å²) in [4.78, 5) is 0. The van der Waals surface area contributed by atoms with Crippen LogP contribution in [0.25, 0.3) is 0 Å². The van der Waals surface area contributed by atoms with Crippen LogP contribution in [0.2, 0.25) is 0 Å². The van der Waals surface area contributed by atoms with Crippen LogP contribution in [0.15, 0.2) is 12.1 Å². The molecule has 24 heavy (non-hydrogen) atoms. The van der Waals surface area contributed by atoms with Gasteiger partial charge in [0.1, 0.15) is 11.6 Å². The number of hydrogen-bond donors (Lipinski definition) is 0. The van der Waals surface area contributed by atoms with Crippen LogP contribution in [0.4, 0.5) is 8.78 Å². The zero-order valence-electron chi connectivity index (χ0n) is 15.3. The first-order chi connectivity index (χ1) is 11.5. The van der Waals surface area contributed by atoms with Gasteiger partial charge in [0.25, 0.3) is 0 Å². The maximum atomic E-state index is 13.7. The van der Waals surface area contributed by atoms with E-state index >= 15 is 0 Å². The molecule has 0 nitrogen and oxygen atoms in total. The summed E-state index contributed by atoms with van der Waals surface area (Å²) in [6.07, 6.45) is 13.0. The van der Waals surface area contributed by atoms with Gasteiger partial charge in [0.15, 0.2) is 0 Å². The van der Waals surface area contributed by atoms with Crippen LogP contribution >= 0.6 is 0 Å². The first-order valence-corrected chi connectivity index (χ1v) is 9.97. The standard InChI is InChI=1S/C22H32F2/c1-15-3-9-19(10-4-15)20-11-7-17(8-12-20)5-6-18-13-21(23)16(2)22(24)14-18/h13-15,17,19-20H,3-12H2,1-2H3. The summed E-state index contributed by atoms with van der Waals surface area (Å²) >= 11 is 0. The number of benzene rings is 1. The molecular weight excluding hydrogens is 302 g/mol. The molecule has 0 heterocycles. The van der Waals surface area contributed by atoms with Crippen molar-refractivity contribution >= 4 is 0 Å². The third kappa shape index (κ3) is 4.37. The van der Waals surface area contributed by atoms with E-state index in [-0.39, 0.29) is 5.56 Å². The third-order valence-corrected chi connectivity index (χ3v) is 6.80. The van der Waals surface area contributed by atoms with E-state index in [4.69, 9.17) is 0 Å². The van der Waals surface area contributed by atoms with Gasteiger partial charge in [-0.25, -0.2) is 8.78 Å². The van der Waals surface area contributed by atoms with Crippen molar-refractivity contribution in [3.8, 4) is 0 Å². The second kappa shape index (κ2) is 7.97. The topological polar surface area (TPSA) is 0 Å². The van der Waals surface area contributed by atoms with Gasteiger partial charge in [0.2, 0.25) is 0 Å². The zero-order valence-corrected chi connectivity index (χ0v) is 15.3. The van der Waals surface area contributed by atoms with Gasteiger partial charge >= 0.3 is 0 Å². The van der Waals surface area contributed by atoms with Crippen molar-refractivity contribution < 1.29 is 8.78 Å². The molecule has 0 unspecified atom stereocenters. The van der Waals surface area contributed by atoms with Crippen LogP contribution in [0, 0.1) is 42.2 Å². The minimum Gasteiger partial charge on any atom is -0.207 e. The predicted molar refractivity (Wildman–Crippen MR) is 96.0 cm³/mol. The van der Waals surface area contributed by atoms with Crippen LogP contribution < -0.4 is 0 Å². The lowest BCUT2D eigenvalue weighted by Crippen LogP contribution is -2.25.